The van der Waals surface area contributed by atoms with Gasteiger partial charge in [0.25, 0.3) is 0 Å². The summed E-state index contributed by atoms with van der Waals surface area (Å²) in [5.74, 6) is 0. The Morgan fingerprint density at radius 3 is 0.310 bits per heavy atom. The molecule has 0 aromatic heterocycles. The van der Waals surface area contributed by atoms with Crippen molar-refractivity contribution in [2.45, 2.75) is 342 Å². The molecule has 0 aliphatic carbocycles. The molecule has 0 bridgehead atoms. The number of hydrogen-bond acceptors (Lipinski definition) is 18. The molecule has 18 heteroatoms. The van der Waals surface area contributed by atoms with Gasteiger partial charge in [0.2, 0.25) is 0 Å². The second-order valence-corrected chi connectivity index (χ2v) is 19.0. The molecule has 0 amide bonds. The molecule has 0 radical (unpaired) electrons. The molecule has 100 heavy (non-hydrogen) atoms. The van der Waals surface area contributed by atoms with Crippen LogP contribution in [0, 0.1) is 204 Å². The first-order chi connectivity index (χ1) is 48.5. The van der Waals surface area contributed by atoms with Crippen LogP contribution in [0.5, 0.6) is 0 Å². The van der Waals surface area contributed by atoms with Gasteiger partial charge in [-0.3, -0.25) is 0 Å². The van der Waals surface area contributed by atoms with Crippen LogP contribution in [-0.4, -0.2) is 0 Å². The molecule has 0 aliphatic rings. The lowest BCUT2D eigenvalue weighted by atomic mass is 10.2. The Kier molecular flexibility index (Phi) is 248. The normalized spacial score (nSPS) is 6.86. The van der Waals surface area contributed by atoms with E-state index < -0.39 is 0 Å². The topological polar surface area (TPSA) is 428 Å². The fourth-order valence-corrected chi connectivity index (χ4v) is 4.10. The molecule has 0 saturated heterocycles. The van der Waals surface area contributed by atoms with Crippen molar-refractivity contribution in [3.63, 3.8) is 0 Å². The van der Waals surface area contributed by atoms with Crippen LogP contribution >= 0.6 is 0 Å². The summed E-state index contributed by atoms with van der Waals surface area (Å²) in [7, 11) is 0. The summed E-state index contributed by atoms with van der Waals surface area (Å²) in [5.41, 5.74) is 1.43. The molecule has 548 valence electrons. The average molecular weight is 1370 g/mol. The molecule has 2 rings (SSSR count). The second kappa shape index (κ2) is 191. The van der Waals surface area contributed by atoms with Crippen LogP contribution in [0.25, 0.3) is 0 Å². The van der Waals surface area contributed by atoms with E-state index in [0.29, 0.717) is 11.1 Å². The van der Waals surface area contributed by atoms with E-state index in [0.717, 1.165) is 231 Å². The van der Waals surface area contributed by atoms with Gasteiger partial charge in [-0.15, -0.1) is 0 Å². The average Bonchev–Trinajstić information content (AvgIpc) is 1.29. The maximum absolute atomic E-state index is 8.29. The maximum atomic E-state index is 8.29. The van der Waals surface area contributed by atoms with E-state index in [2.05, 4.69) is 156 Å². The molecule has 0 aliphatic heterocycles. The number of nitrogens with zero attached hydrogens (tertiary/aromatic N) is 18. The monoisotopic (exact) mass is 1370 g/mol. The van der Waals surface area contributed by atoms with Crippen LogP contribution in [0.1, 0.15) is 353 Å². The summed E-state index contributed by atoms with van der Waals surface area (Å²) in [6.07, 6.45) is 34.8. The van der Waals surface area contributed by atoms with Crippen LogP contribution in [0.3, 0.4) is 0 Å². The highest BCUT2D eigenvalue weighted by Crippen LogP contribution is 1.97. The Morgan fingerprint density at radius 2 is 0.270 bits per heavy atom. The summed E-state index contributed by atoms with van der Waals surface area (Å²) >= 11 is 0. The van der Waals surface area contributed by atoms with Gasteiger partial charge < -0.3 is 0 Å². The number of hydrogen-bond donors (Lipinski definition) is 0. The predicted molar refractivity (Wildman–Crippen MR) is 409 cm³/mol. The van der Waals surface area contributed by atoms with Gasteiger partial charge in [-0.25, -0.2) is 0 Å². The van der Waals surface area contributed by atoms with Gasteiger partial charge in [-0.05, 0) is 101 Å². The van der Waals surface area contributed by atoms with Crippen molar-refractivity contribution in [2.24, 2.45) is 0 Å². The Hall–Kier alpha value is -10.7. The fraction of sp³-hybridized carbons (Fsp3) is 0.634. The van der Waals surface area contributed by atoms with Gasteiger partial charge in [-0.1, -0.05) is 197 Å². The molecule has 0 atom stereocenters. The van der Waals surface area contributed by atoms with Crippen molar-refractivity contribution in [2.75, 3.05) is 0 Å². The van der Waals surface area contributed by atoms with Crippen molar-refractivity contribution in [1.29, 1.82) is 94.7 Å². The molecular weight excluding hydrogens is 1240 g/mol. The first-order valence-electron chi connectivity index (χ1n) is 35.1. The quantitative estimate of drug-likeness (QED) is 0.0881. The van der Waals surface area contributed by atoms with Crippen LogP contribution in [0.2, 0.25) is 0 Å². The van der Waals surface area contributed by atoms with Crippen molar-refractivity contribution in [1.82, 2.24) is 0 Å². The van der Waals surface area contributed by atoms with Gasteiger partial charge in [0, 0.05) is 105 Å². The first-order valence-corrected chi connectivity index (χ1v) is 35.1. The number of nitriles is 18. The van der Waals surface area contributed by atoms with Gasteiger partial charge in [0.05, 0.1) is 120 Å². The minimum absolute atomic E-state index is 0.715. The van der Waals surface area contributed by atoms with E-state index in [-0.39, 0.29) is 0 Å². The molecule has 0 unspecified atom stereocenters. The van der Waals surface area contributed by atoms with Crippen LogP contribution in [0.4, 0.5) is 0 Å². The van der Waals surface area contributed by atoms with Crippen LogP contribution in [-0.2, 0) is 0 Å². The van der Waals surface area contributed by atoms with Crippen LogP contribution in [0.15, 0.2) is 60.7 Å². The van der Waals surface area contributed by atoms with Gasteiger partial charge in [0.1, 0.15) is 0 Å². The van der Waals surface area contributed by atoms with Crippen molar-refractivity contribution in [3.05, 3.63) is 71.8 Å². The summed E-state index contributed by atoms with van der Waals surface area (Å²) < 4.78 is 0. The predicted octanol–water partition coefficient (Wildman–Crippen LogP) is 25.6. The molecule has 0 fully saturated rings. The molecular formula is C82H130N18. The van der Waals surface area contributed by atoms with Crippen LogP contribution < -0.4 is 0 Å². The number of rotatable bonds is 24. The minimum Gasteiger partial charge on any atom is -0.199 e. The van der Waals surface area contributed by atoms with Gasteiger partial charge in [-0.2, -0.15) is 94.7 Å². The first kappa shape index (κ1) is 130. The molecule has 2 aromatic carbocycles. The summed E-state index contributed by atoms with van der Waals surface area (Å²) in [5, 5.41) is 141. The zero-order valence-electron chi connectivity index (χ0n) is 65.3. The van der Waals surface area contributed by atoms with E-state index in [1.807, 2.05) is 48.5 Å². The largest absolute Gasteiger partial charge is 0.199 e. The maximum Gasteiger partial charge on any atom is 0.0991 e. The fourth-order valence-electron chi connectivity index (χ4n) is 4.10. The van der Waals surface area contributed by atoms with Crippen molar-refractivity contribution in [3.8, 4) is 109 Å². The third-order valence-electron chi connectivity index (χ3n) is 9.51. The third kappa shape index (κ3) is 317. The molecule has 2 aromatic rings. The summed E-state index contributed by atoms with van der Waals surface area (Å²) in [6.45, 7) is 30.7. The summed E-state index contributed by atoms with van der Waals surface area (Å²) in [4.78, 5) is 0. The van der Waals surface area contributed by atoms with Gasteiger partial charge in [0.15, 0.2) is 0 Å². The third-order valence-corrected chi connectivity index (χ3v) is 9.51. The zero-order valence-corrected chi connectivity index (χ0v) is 65.3. The number of benzene rings is 2. The lowest BCUT2D eigenvalue weighted by Crippen LogP contribution is -1.66. The second-order valence-electron chi connectivity index (χ2n) is 19.0. The SMILES string of the molecule is CC#N.CC#N.CC#N.CC#N.CCCCC#N.CCCCC#N.CCCCC#N.CCCCC#N.CCCCC#N.CCCCC#N.CCCCC#N.CCCCC#N.CCCCC#N.CCCCC#N.CCCCC#N.CCCCC#N.N#Cc1ccccc1.N#Cc1ccccc1. The smallest absolute Gasteiger partial charge is 0.0991 e. The minimum atomic E-state index is 0.715. The van der Waals surface area contributed by atoms with Gasteiger partial charge >= 0.3 is 0 Å². The Balaban J connectivity index is -0.0000000537. The Bertz CT molecular complexity index is 2080. The zero-order chi connectivity index (χ0) is 80.4. The molecule has 0 saturated carbocycles. The highest BCUT2D eigenvalue weighted by Gasteiger charge is 1.83. The van der Waals surface area contributed by atoms with Crippen molar-refractivity contribution >= 4 is 0 Å². The van der Waals surface area contributed by atoms with E-state index in [1.54, 1.807) is 48.5 Å². The summed E-state index contributed by atoms with van der Waals surface area (Å²) in [6, 6.07) is 54.2. The standard InChI is InChI=1S/2C7H5N.12C5H9N.4C2H3N/c2*8-6-7-4-2-1-3-5-7;12*1-2-3-4-5-6;4*1-2-3/h2*1-5H;12*2-4H2,1H3;4*1H3. The van der Waals surface area contributed by atoms with E-state index in [9.17, 15) is 0 Å². The molecule has 0 spiro atoms. The Morgan fingerprint density at radius 1 is 0.180 bits per heavy atom. The van der Waals surface area contributed by atoms with E-state index >= 15 is 0 Å². The van der Waals surface area contributed by atoms with E-state index in [1.165, 1.54) is 27.7 Å². The Labute approximate surface area is 614 Å². The highest BCUT2D eigenvalue weighted by molar-refractivity contribution is 5.28. The molecule has 0 N–H and O–H groups in total. The van der Waals surface area contributed by atoms with Crippen molar-refractivity contribution < 1.29 is 0 Å². The van der Waals surface area contributed by atoms with E-state index in [4.69, 9.17) is 94.7 Å². The highest BCUT2D eigenvalue weighted by atomic mass is 14.3. The lowest BCUT2D eigenvalue weighted by Gasteiger charge is -1.80. The molecule has 18 nitrogen and oxygen atoms in total. The lowest BCUT2D eigenvalue weighted by molar-refractivity contribution is 0.822. The number of unbranched alkanes of at least 4 members (excludes halogenated alkanes) is 24. The molecule has 0 heterocycles.